The molecule has 3 aromatic carbocycles. The highest BCUT2D eigenvalue weighted by Crippen LogP contribution is 2.41. The summed E-state index contributed by atoms with van der Waals surface area (Å²) < 4.78 is 63.2. The molecule has 4 heterocycles. The number of rotatable bonds is 20. The molecule has 13 N–H and O–H groups in total. The first-order valence-electron chi connectivity index (χ1n) is 23.8. The lowest BCUT2D eigenvalue weighted by molar-refractivity contribution is -0.416. The number of phenolic OH excluding ortho intramolecular Hbond substituents is 2. The Labute approximate surface area is 437 Å². The minimum atomic E-state index is -2.79. The second-order valence-electron chi connectivity index (χ2n) is 18.0. The van der Waals surface area contributed by atoms with Crippen molar-refractivity contribution in [2.45, 2.75) is 116 Å². The predicted molar refractivity (Wildman–Crippen MR) is 252 cm³/mol. The van der Waals surface area contributed by atoms with Gasteiger partial charge in [0.15, 0.2) is 36.5 Å². The molecule has 4 saturated heterocycles. The number of methoxy groups -OCH3 is 1. The summed E-state index contributed by atoms with van der Waals surface area (Å²) in [6.07, 6.45) is -32.0. The number of esters is 3. The molecule has 27 heteroatoms. The number of carbonyl (C=O) groups is 3. The van der Waals surface area contributed by atoms with E-state index in [-0.39, 0.29) is 22.8 Å². The molecule has 4 aliphatic heterocycles. The Morgan fingerprint density at radius 1 is 0.584 bits per heavy atom. The van der Waals surface area contributed by atoms with E-state index in [4.69, 9.17) is 52.1 Å². The van der Waals surface area contributed by atoms with Crippen molar-refractivity contribution < 1.29 is 133 Å². The van der Waals surface area contributed by atoms with E-state index in [1.807, 2.05) is 0 Å². The first kappa shape index (κ1) is 58.9. The van der Waals surface area contributed by atoms with Crippen molar-refractivity contribution in [3.05, 3.63) is 102 Å². The zero-order chi connectivity index (χ0) is 55.7. The van der Waals surface area contributed by atoms with Crippen molar-refractivity contribution in [1.29, 1.82) is 0 Å². The SMILES string of the molecule is COc1cc(/C=C\C(=O)OC[C@@]2(O[C@H]3O[C@H](CO)[C@@H](O)[C@H](O)[C@H]3O[C@@H]3O[C@H](CO)[C@@H](O)[C@H](O)[C@H]3O[C@@H]3O[C@H](COC(=O)/C=C/c4ccc(O)cc4)[C@@H](O)[C@H](O)[C@H]3O)O[C@H](CO)[C@@H](O)[C@@H]2OC(=O)c2ccccc2)ccc1O. The van der Waals surface area contributed by atoms with Gasteiger partial charge in [-0.2, -0.15) is 0 Å². The van der Waals surface area contributed by atoms with E-state index in [2.05, 4.69) is 0 Å². The van der Waals surface area contributed by atoms with E-state index in [1.54, 1.807) is 6.07 Å². The van der Waals surface area contributed by atoms with Crippen LogP contribution in [-0.2, 0) is 57.0 Å². The van der Waals surface area contributed by atoms with Crippen LogP contribution < -0.4 is 4.74 Å². The molecule has 7 rings (SSSR count). The molecule has 0 bridgehead atoms. The van der Waals surface area contributed by atoms with Gasteiger partial charge in [0.2, 0.25) is 5.79 Å². The van der Waals surface area contributed by atoms with Crippen LogP contribution in [0.3, 0.4) is 0 Å². The minimum Gasteiger partial charge on any atom is -0.508 e. The molecular formula is C50H60O27. The van der Waals surface area contributed by atoms with Crippen molar-refractivity contribution in [2.24, 2.45) is 0 Å². The van der Waals surface area contributed by atoms with E-state index in [1.165, 1.54) is 86.0 Å². The average molecular weight is 1090 g/mol. The van der Waals surface area contributed by atoms with Gasteiger partial charge in [0.1, 0.15) is 104 Å². The van der Waals surface area contributed by atoms with Gasteiger partial charge in [-0.3, -0.25) is 0 Å². The fraction of sp³-hybridized carbons (Fsp3) is 0.500. The summed E-state index contributed by atoms with van der Waals surface area (Å²) in [6.45, 7) is -4.96. The van der Waals surface area contributed by atoms with Crippen LogP contribution in [0.4, 0.5) is 0 Å². The van der Waals surface area contributed by atoms with Crippen LogP contribution >= 0.6 is 0 Å². The van der Waals surface area contributed by atoms with Gasteiger partial charge in [-0.1, -0.05) is 36.4 Å². The van der Waals surface area contributed by atoms with E-state index in [9.17, 15) is 80.8 Å². The van der Waals surface area contributed by atoms with E-state index in [0.717, 1.165) is 12.2 Å². The average Bonchev–Trinajstić information content (AvgIpc) is 3.84. The summed E-state index contributed by atoms with van der Waals surface area (Å²) in [5, 5.41) is 140. The Balaban J connectivity index is 1.18. The third-order valence-corrected chi connectivity index (χ3v) is 12.8. The van der Waals surface area contributed by atoms with Gasteiger partial charge in [-0.25, -0.2) is 14.4 Å². The molecular weight excluding hydrogens is 1030 g/mol. The molecule has 422 valence electrons. The van der Waals surface area contributed by atoms with Gasteiger partial charge in [0, 0.05) is 12.2 Å². The fourth-order valence-corrected chi connectivity index (χ4v) is 8.58. The smallest absolute Gasteiger partial charge is 0.338 e. The van der Waals surface area contributed by atoms with Crippen LogP contribution in [0.1, 0.15) is 21.5 Å². The first-order valence-corrected chi connectivity index (χ1v) is 23.8. The number of benzene rings is 3. The van der Waals surface area contributed by atoms with Gasteiger partial charge in [0.05, 0.1) is 32.5 Å². The van der Waals surface area contributed by atoms with Crippen LogP contribution in [0.15, 0.2) is 84.9 Å². The number of aliphatic hydroxyl groups is 11. The van der Waals surface area contributed by atoms with Crippen molar-refractivity contribution in [1.82, 2.24) is 0 Å². The van der Waals surface area contributed by atoms with Crippen LogP contribution in [0.2, 0.25) is 0 Å². The monoisotopic (exact) mass is 1090 g/mol. The fourth-order valence-electron chi connectivity index (χ4n) is 8.58. The zero-order valence-corrected chi connectivity index (χ0v) is 40.7. The lowest BCUT2D eigenvalue weighted by atomic mass is 9.96. The van der Waals surface area contributed by atoms with Gasteiger partial charge in [-0.05, 0) is 59.7 Å². The van der Waals surface area contributed by atoms with E-state index in [0.29, 0.717) is 11.1 Å². The molecule has 4 fully saturated rings. The molecule has 0 radical (unpaired) electrons. The highest BCUT2D eigenvalue weighted by atomic mass is 16.8. The second kappa shape index (κ2) is 26.3. The van der Waals surface area contributed by atoms with Gasteiger partial charge in [-0.15, -0.1) is 0 Å². The molecule has 0 spiro atoms. The summed E-state index contributed by atoms with van der Waals surface area (Å²) in [7, 11) is 1.30. The molecule has 3 aromatic rings. The molecule has 0 aliphatic carbocycles. The molecule has 19 atom stereocenters. The van der Waals surface area contributed by atoms with Crippen molar-refractivity contribution in [3.8, 4) is 17.2 Å². The predicted octanol–water partition coefficient (Wildman–Crippen LogP) is -3.93. The maximum absolute atomic E-state index is 13.7. The van der Waals surface area contributed by atoms with Crippen LogP contribution in [0, 0.1) is 0 Å². The largest absolute Gasteiger partial charge is 0.508 e. The Bertz CT molecular complexity index is 2480. The normalized spacial score (nSPS) is 35.4. The highest BCUT2D eigenvalue weighted by Gasteiger charge is 2.63. The Morgan fingerprint density at radius 3 is 1.75 bits per heavy atom. The maximum Gasteiger partial charge on any atom is 0.338 e. The molecule has 0 saturated carbocycles. The minimum absolute atomic E-state index is 0.0227. The Kier molecular flexibility index (Phi) is 20.1. The summed E-state index contributed by atoms with van der Waals surface area (Å²) >= 11 is 0. The van der Waals surface area contributed by atoms with Crippen LogP contribution in [-0.4, -0.2) is 241 Å². The number of aromatic hydroxyl groups is 2. The third-order valence-electron chi connectivity index (χ3n) is 12.8. The van der Waals surface area contributed by atoms with Gasteiger partial charge >= 0.3 is 17.9 Å². The number of aliphatic hydroxyl groups excluding tert-OH is 11. The summed E-state index contributed by atoms with van der Waals surface area (Å²) in [4.78, 5) is 39.7. The quantitative estimate of drug-likeness (QED) is 0.0292. The molecule has 27 nitrogen and oxygen atoms in total. The van der Waals surface area contributed by atoms with Gasteiger partial charge < -0.3 is 118 Å². The van der Waals surface area contributed by atoms with Crippen molar-refractivity contribution in [2.75, 3.05) is 40.1 Å². The molecule has 0 amide bonds. The Morgan fingerprint density at radius 2 is 1.13 bits per heavy atom. The molecule has 4 aliphatic rings. The Hall–Kier alpha value is -5.77. The number of hydrogen-bond acceptors (Lipinski definition) is 27. The number of ether oxygens (including phenoxy) is 11. The van der Waals surface area contributed by atoms with E-state index >= 15 is 0 Å². The third kappa shape index (κ3) is 13.7. The lowest BCUT2D eigenvalue weighted by Crippen LogP contribution is -2.68. The second-order valence-corrected chi connectivity index (χ2v) is 18.0. The first-order chi connectivity index (χ1) is 36.8. The molecule has 0 unspecified atom stereocenters. The number of hydrogen-bond donors (Lipinski definition) is 13. The summed E-state index contributed by atoms with van der Waals surface area (Å²) in [5.41, 5.74) is 0.768. The summed E-state index contributed by atoms with van der Waals surface area (Å²) in [5.74, 6) is -6.15. The lowest BCUT2D eigenvalue weighted by Gasteiger charge is -2.49. The highest BCUT2D eigenvalue weighted by molar-refractivity contribution is 5.89. The standard InChI is InChI=1S/C50H60O27/c1-67-28-17-24(9-14-27(28)55)11-16-34(57)69-22-50(45(38(61)31(20-53)76-50)75-46(66)25-5-3-2-4-6-25)77-49-44(41(64)36(59)30(19-52)71-49)74-48-43(40(63)35(58)29(18-51)70-48)73-47-42(65)39(62)37(60)32(72-47)21-68-33(56)15-10-23-7-12-26(54)13-8-23/h2-17,29-32,35-45,47-49,51-55,58-65H,18-22H2,1H3/b15-10+,16-11-/t29-,30-,31-,32-,35-,36-,37-,38-,39+,40+,41+,42-,43-,44-,45+,47+,48+,49-,50+/m1/s1. The molecule has 0 aromatic heterocycles. The van der Waals surface area contributed by atoms with Gasteiger partial charge in [0.25, 0.3) is 0 Å². The topological polar surface area (TPSA) is 416 Å². The number of carbonyl (C=O) groups excluding carboxylic acids is 3. The summed E-state index contributed by atoms with van der Waals surface area (Å²) in [6, 6.07) is 17.1. The zero-order valence-electron chi connectivity index (χ0n) is 40.7. The van der Waals surface area contributed by atoms with Crippen LogP contribution in [0.25, 0.3) is 12.2 Å². The molecule has 77 heavy (non-hydrogen) atoms. The maximum atomic E-state index is 13.7. The van der Waals surface area contributed by atoms with Crippen molar-refractivity contribution in [3.63, 3.8) is 0 Å². The van der Waals surface area contributed by atoms with Crippen LogP contribution in [0.5, 0.6) is 17.2 Å². The van der Waals surface area contributed by atoms with Crippen molar-refractivity contribution >= 4 is 30.1 Å². The van der Waals surface area contributed by atoms with E-state index < -0.39 is 167 Å². The number of phenols is 2.